The van der Waals surface area contributed by atoms with Crippen molar-refractivity contribution in [2.24, 2.45) is 0 Å². The highest BCUT2D eigenvalue weighted by atomic mass is 16.5. The van der Waals surface area contributed by atoms with Crippen LogP contribution in [0.1, 0.15) is 19.3 Å². The molecule has 0 N–H and O–H groups in total. The zero-order valence-corrected chi connectivity index (χ0v) is 7.66. The van der Waals surface area contributed by atoms with Crippen LogP contribution in [0.3, 0.4) is 0 Å². The topological polar surface area (TPSA) is 52.4 Å². The van der Waals surface area contributed by atoms with Gasteiger partial charge in [-0.2, -0.15) is 4.74 Å². The Labute approximate surface area is 77.1 Å². The highest BCUT2D eigenvalue weighted by molar-refractivity contribution is 6.34. The summed E-state index contributed by atoms with van der Waals surface area (Å²) in [5.74, 6) is -0.512. The Morgan fingerprint density at radius 3 is 3.15 bits per heavy atom. The van der Waals surface area contributed by atoms with Crippen LogP contribution in [-0.4, -0.2) is 29.6 Å². The number of hydrogen-bond acceptors (Lipinski definition) is 3. The van der Waals surface area contributed by atoms with E-state index < -0.39 is 5.97 Å². The Kier molecular flexibility index (Phi) is 3.06. The molecule has 1 rings (SSSR count). The molecule has 1 aliphatic heterocycles. The molecule has 4 nitrogen and oxygen atoms in total. The van der Waals surface area contributed by atoms with Gasteiger partial charge < -0.3 is 9.94 Å². The van der Waals surface area contributed by atoms with E-state index in [-0.39, 0.29) is 11.8 Å². The Hall–Kier alpha value is -1.32. The first-order chi connectivity index (χ1) is 6.20. The number of esters is 1. The molecule has 0 radical (unpaired) electrons. The van der Waals surface area contributed by atoms with Crippen LogP contribution in [0.25, 0.3) is 0 Å². The second kappa shape index (κ2) is 4.07. The van der Waals surface area contributed by atoms with Gasteiger partial charge in [0.15, 0.2) is 6.04 Å². The maximum Gasteiger partial charge on any atom is 0.399 e. The molecule has 72 valence electrons. The van der Waals surface area contributed by atoms with Crippen molar-refractivity contribution in [2.45, 2.75) is 25.3 Å². The summed E-state index contributed by atoms with van der Waals surface area (Å²) in [6.07, 6.45) is 3.52. The molecule has 1 atom stereocenters. The molecule has 0 fully saturated rings. The van der Waals surface area contributed by atoms with Gasteiger partial charge in [-0.05, 0) is 0 Å². The van der Waals surface area contributed by atoms with E-state index in [1.807, 2.05) is 0 Å². The fourth-order valence-corrected chi connectivity index (χ4v) is 1.47. The predicted molar refractivity (Wildman–Crippen MR) is 48.5 cm³/mol. The molecule has 0 unspecified atom stereocenters. The van der Waals surface area contributed by atoms with Gasteiger partial charge in [0, 0.05) is 19.3 Å². The van der Waals surface area contributed by atoms with E-state index in [0.717, 1.165) is 4.74 Å². The molecule has 1 aliphatic rings. The third kappa shape index (κ3) is 1.88. The molecule has 13 heavy (non-hydrogen) atoms. The molecular formula is C9H13NO3. The van der Waals surface area contributed by atoms with Crippen molar-refractivity contribution >= 4 is 11.7 Å². The van der Waals surface area contributed by atoms with Gasteiger partial charge in [0.05, 0.1) is 7.11 Å². The van der Waals surface area contributed by atoms with Crippen molar-refractivity contribution in [2.75, 3.05) is 7.11 Å². The first kappa shape index (κ1) is 9.77. The third-order valence-corrected chi connectivity index (χ3v) is 2.17. The molecule has 0 saturated heterocycles. The Morgan fingerprint density at radius 1 is 1.92 bits per heavy atom. The summed E-state index contributed by atoms with van der Waals surface area (Å²) in [5, 5.41) is 11.4. The van der Waals surface area contributed by atoms with Gasteiger partial charge in [-0.3, -0.25) is 0 Å². The zero-order valence-electron chi connectivity index (χ0n) is 7.66. The van der Waals surface area contributed by atoms with E-state index in [0.29, 0.717) is 19.3 Å². The van der Waals surface area contributed by atoms with E-state index in [2.05, 4.69) is 11.3 Å². The molecule has 4 heteroatoms. The summed E-state index contributed by atoms with van der Waals surface area (Å²) in [7, 11) is 1.28. The average molecular weight is 183 g/mol. The van der Waals surface area contributed by atoms with Crippen molar-refractivity contribution in [3.05, 3.63) is 17.9 Å². The van der Waals surface area contributed by atoms with Gasteiger partial charge in [-0.1, -0.05) is 6.08 Å². The second-order valence-corrected chi connectivity index (χ2v) is 2.98. The summed E-state index contributed by atoms with van der Waals surface area (Å²) < 4.78 is 5.24. The highest BCUT2D eigenvalue weighted by Gasteiger charge is 2.33. The summed E-state index contributed by atoms with van der Waals surface area (Å²) in [4.78, 5) is 11.0. The Bertz CT molecular complexity index is 258. The number of hydrogen-bond donors (Lipinski definition) is 0. The van der Waals surface area contributed by atoms with Crippen LogP contribution in [0.15, 0.2) is 12.7 Å². The van der Waals surface area contributed by atoms with Gasteiger partial charge in [-0.15, -0.1) is 6.58 Å². The third-order valence-electron chi connectivity index (χ3n) is 2.17. The fourth-order valence-electron chi connectivity index (χ4n) is 1.47. The summed E-state index contributed by atoms with van der Waals surface area (Å²) in [5.41, 5.74) is 0.231. The summed E-state index contributed by atoms with van der Waals surface area (Å²) >= 11 is 0. The normalized spacial score (nSPS) is 21.8. The minimum atomic E-state index is -0.512. The predicted octanol–water partition coefficient (Wildman–Crippen LogP) is 0.849. The smallest absolute Gasteiger partial charge is 0.399 e. The van der Waals surface area contributed by atoms with Gasteiger partial charge >= 0.3 is 5.97 Å². The lowest BCUT2D eigenvalue weighted by Crippen LogP contribution is -2.24. The first-order valence-electron chi connectivity index (χ1n) is 4.22. The van der Waals surface area contributed by atoms with Crippen LogP contribution in [0.4, 0.5) is 0 Å². The number of ether oxygens (including phenoxy) is 1. The SMILES string of the molecule is C=CC[C@@H]1CCC(C(=O)OC)=[N+]1[O-]. The minimum Gasteiger partial charge on any atom is -0.623 e. The van der Waals surface area contributed by atoms with E-state index in [1.54, 1.807) is 6.08 Å². The Morgan fingerprint density at radius 2 is 2.62 bits per heavy atom. The zero-order chi connectivity index (χ0) is 9.84. The van der Waals surface area contributed by atoms with Crippen LogP contribution >= 0.6 is 0 Å². The number of nitrogens with zero attached hydrogens (tertiary/aromatic N) is 1. The van der Waals surface area contributed by atoms with Crippen molar-refractivity contribution in [3.63, 3.8) is 0 Å². The van der Waals surface area contributed by atoms with Crippen molar-refractivity contribution in [1.82, 2.24) is 0 Å². The molecule has 0 spiro atoms. The second-order valence-electron chi connectivity index (χ2n) is 2.98. The fraction of sp³-hybridized carbons (Fsp3) is 0.556. The summed E-state index contributed by atoms with van der Waals surface area (Å²) in [6.45, 7) is 3.56. The van der Waals surface area contributed by atoms with Crippen LogP contribution in [0.2, 0.25) is 0 Å². The average Bonchev–Trinajstić information content (AvgIpc) is 2.48. The van der Waals surface area contributed by atoms with Gasteiger partial charge in [0.1, 0.15) is 0 Å². The van der Waals surface area contributed by atoms with Crippen molar-refractivity contribution in [1.29, 1.82) is 0 Å². The van der Waals surface area contributed by atoms with Crippen molar-refractivity contribution in [3.8, 4) is 0 Å². The lowest BCUT2D eigenvalue weighted by atomic mass is 10.1. The number of methoxy groups -OCH3 is 1. The number of carbonyl (C=O) groups excluding carboxylic acids is 1. The van der Waals surface area contributed by atoms with Gasteiger partial charge in [-0.25, -0.2) is 4.79 Å². The van der Waals surface area contributed by atoms with E-state index in [1.165, 1.54) is 7.11 Å². The van der Waals surface area contributed by atoms with Crippen molar-refractivity contribution < 1.29 is 14.3 Å². The van der Waals surface area contributed by atoms with Crippen LogP contribution in [-0.2, 0) is 9.53 Å². The quantitative estimate of drug-likeness (QED) is 0.282. The van der Waals surface area contributed by atoms with Crippen LogP contribution < -0.4 is 0 Å². The maximum atomic E-state index is 11.4. The van der Waals surface area contributed by atoms with E-state index in [4.69, 9.17) is 0 Å². The highest BCUT2D eigenvalue weighted by Crippen LogP contribution is 2.16. The van der Waals surface area contributed by atoms with E-state index in [9.17, 15) is 10.0 Å². The summed E-state index contributed by atoms with van der Waals surface area (Å²) in [6, 6.07) is -0.133. The van der Waals surface area contributed by atoms with Gasteiger partial charge in [0.2, 0.25) is 0 Å². The molecule has 0 aromatic heterocycles. The molecule has 0 aliphatic carbocycles. The maximum absolute atomic E-state index is 11.4. The molecule has 1 heterocycles. The molecule has 0 bridgehead atoms. The van der Waals surface area contributed by atoms with Crippen LogP contribution in [0, 0.1) is 5.21 Å². The van der Waals surface area contributed by atoms with Gasteiger partial charge in [0.25, 0.3) is 5.71 Å². The molecular weight excluding hydrogens is 170 g/mol. The number of carbonyl (C=O) groups is 1. The number of hydroxylamine groups is 1. The lowest BCUT2D eigenvalue weighted by molar-refractivity contribution is -0.490. The van der Waals surface area contributed by atoms with Crippen LogP contribution in [0.5, 0.6) is 0 Å². The largest absolute Gasteiger partial charge is 0.623 e. The molecule has 0 saturated carbocycles. The van der Waals surface area contributed by atoms with E-state index >= 15 is 0 Å². The monoisotopic (exact) mass is 183 g/mol. The number of rotatable bonds is 3. The standard InChI is InChI=1S/C9H13NO3/c1-3-4-7-5-6-8(10(7)12)9(11)13-2/h3,7H,1,4-6H2,2H3/t7-/m1/s1. The molecule has 0 aromatic carbocycles. The minimum absolute atomic E-state index is 0.133. The molecule has 0 amide bonds. The lowest BCUT2D eigenvalue weighted by Gasteiger charge is -2.08. The molecule has 0 aromatic rings. The first-order valence-corrected chi connectivity index (χ1v) is 4.22. The Balaban J connectivity index is 2.75.